The first-order chi connectivity index (χ1) is 14.0. The van der Waals surface area contributed by atoms with Gasteiger partial charge in [0.05, 0.1) is 20.3 Å². The minimum absolute atomic E-state index is 0.0599. The van der Waals surface area contributed by atoms with Gasteiger partial charge in [-0.3, -0.25) is 0 Å². The van der Waals surface area contributed by atoms with Crippen LogP contribution in [0.2, 0.25) is 0 Å². The third kappa shape index (κ3) is 3.55. The standard InChI is InChI=1S/C27H44O3/c1-9-10-11-12-14-25(2,3)18-16-20(29-7)23(21(17-18)30-8)22-19-13-15-27(6,24(22)28)26(19,4)5/h16-17,19,22,24,28H,9-15H2,1-8H3. The number of methoxy groups -OCH3 is 2. The summed E-state index contributed by atoms with van der Waals surface area (Å²) in [6.45, 7) is 13.8. The number of unbranched alkanes of at least 4 members (excludes halogenated alkanes) is 3. The summed E-state index contributed by atoms with van der Waals surface area (Å²) in [5.74, 6) is 2.25. The van der Waals surface area contributed by atoms with Crippen LogP contribution in [0.15, 0.2) is 12.1 Å². The van der Waals surface area contributed by atoms with Gasteiger partial charge in [-0.05, 0) is 59.1 Å². The first kappa shape index (κ1) is 23.4. The predicted molar refractivity (Wildman–Crippen MR) is 125 cm³/mol. The van der Waals surface area contributed by atoms with Crippen molar-refractivity contribution in [3.63, 3.8) is 0 Å². The summed E-state index contributed by atoms with van der Waals surface area (Å²) in [5, 5.41) is 11.5. The van der Waals surface area contributed by atoms with Gasteiger partial charge in [0.2, 0.25) is 0 Å². The lowest BCUT2D eigenvalue weighted by atomic mass is 9.70. The molecule has 0 radical (unpaired) electrons. The van der Waals surface area contributed by atoms with E-state index >= 15 is 0 Å². The normalized spacial score (nSPS) is 30.0. The zero-order valence-corrected chi connectivity index (χ0v) is 20.6. The molecule has 4 atom stereocenters. The van der Waals surface area contributed by atoms with E-state index in [1.54, 1.807) is 14.2 Å². The highest BCUT2D eigenvalue weighted by Crippen LogP contribution is 2.71. The van der Waals surface area contributed by atoms with E-state index in [9.17, 15) is 5.11 Å². The Morgan fingerprint density at radius 3 is 2.10 bits per heavy atom. The van der Waals surface area contributed by atoms with Crippen molar-refractivity contribution in [3.8, 4) is 11.5 Å². The lowest BCUT2D eigenvalue weighted by Gasteiger charge is -2.37. The fourth-order valence-electron chi connectivity index (χ4n) is 6.49. The van der Waals surface area contributed by atoms with E-state index < -0.39 is 0 Å². The number of hydrogen-bond acceptors (Lipinski definition) is 3. The molecule has 0 amide bonds. The smallest absolute Gasteiger partial charge is 0.126 e. The summed E-state index contributed by atoms with van der Waals surface area (Å²) in [6.07, 6.45) is 8.12. The van der Waals surface area contributed by atoms with Gasteiger partial charge in [-0.2, -0.15) is 0 Å². The molecular formula is C27H44O3. The lowest BCUT2D eigenvalue weighted by molar-refractivity contribution is 0.00407. The summed E-state index contributed by atoms with van der Waals surface area (Å²) < 4.78 is 11.9. The number of rotatable bonds is 9. The molecule has 2 fully saturated rings. The van der Waals surface area contributed by atoms with E-state index in [-0.39, 0.29) is 28.3 Å². The van der Waals surface area contributed by atoms with Crippen molar-refractivity contribution in [2.24, 2.45) is 16.7 Å². The van der Waals surface area contributed by atoms with E-state index in [1.807, 2.05) is 0 Å². The molecule has 0 spiro atoms. The Morgan fingerprint density at radius 1 is 1.03 bits per heavy atom. The summed E-state index contributed by atoms with van der Waals surface area (Å²) >= 11 is 0. The van der Waals surface area contributed by atoms with Gasteiger partial charge in [-0.15, -0.1) is 0 Å². The summed E-state index contributed by atoms with van der Waals surface area (Å²) in [6, 6.07) is 4.43. The monoisotopic (exact) mass is 416 g/mol. The van der Waals surface area contributed by atoms with Crippen LogP contribution >= 0.6 is 0 Å². The molecule has 1 aromatic rings. The quantitative estimate of drug-likeness (QED) is 0.447. The van der Waals surface area contributed by atoms with E-state index in [1.165, 1.54) is 31.2 Å². The summed E-state index contributed by atoms with van der Waals surface area (Å²) in [5.41, 5.74) is 2.43. The van der Waals surface area contributed by atoms with Crippen molar-refractivity contribution in [2.75, 3.05) is 14.2 Å². The van der Waals surface area contributed by atoms with Crippen molar-refractivity contribution in [1.82, 2.24) is 0 Å². The number of aliphatic hydroxyl groups excluding tert-OH is 1. The lowest BCUT2D eigenvalue weighted by Crippen LogP contribution is -2.37. The topological polar surface area (TPSA) is 38.7 Å². The van der Waals surface area contributed by atoms with Crippen molar-refractivity contribution in [1.29, 1.82) is 0 Å². The van der Waals surface area contributed by atoms with Crippen molar-refractivity contribution in [3.05, 3.63) is 23.3 Å². The molecule has 4 unspecified atom stereocenters. The molecule has 2 bridgehead atoms. The molecule has 1 aromatic carbocycles. The molecule has 3 heteroatoms. The Kier molecular flexibility index (Phi) is 6.54. The largest absolute Gasteiger partial charge is 0.496 e. The fraction of sp³-hybridized carbons (Fsp3) is 0.778. The molecule has 170 valence electrons. The van der Waals surface area contributed by atoms with Crippen LogP contribution in [0, 0.1) is 16.7 Å². The molecule has 3 rings (SSSR count). The number of hydrogen-bond donors (Lipinski definition) is 1. The Hall–Kier alpha value is -1.22. The van der Waals surface area contributed by atoms with E-state index in [4.69, 9.17) is 9.47 Å². The van der Waals surface area contributed by atoms with Crippen LogP contribution < -0.4 is 9.47 Å². The molecule has 2 aliphatic carbocycles. The molecule has 0 heterocycles. The first-order valence-electron chi connectivity index (χ1n) is 12.0. The number of benzene rings is 1. The van der Waals surface area contributed by atoms with Gasteiger partial charge in [0.1, 0.15) is 11.5 Å². The van der Waals surface area contributed by atoms with Gasteiger partial charge in [0.15, 0.2) is 0 Å². The van der Waals surface area contributed by atoms with E-state index in [0.29, 0.717) is 5.92 Å². The van der Waals surface area contributed by atoms with Crippen LogP contribution in [0.5, 0.6) is 11.5 Å². The number of fused-ring (bicyclic) bond motifs is 2. The number of aliphatic hydroxyl groups is 1. The Bertz CT molecular complexity index is 725. The van der Waals surface area contributed by atoms with Crippen LogP contribution in [0.25, 0.3) is 0 Å². The maximum absolute atomic E-state index is 11.5. The third-order valence-corrected chi connectivity index (χ3v) is 9.11. The molecular weight excluding hydrogens is 372 g/mol. The summed E-state index contributed by atoms with van der Waals surface area (Å²) in [7, 11) is 3.51. The van der Waals surface area contributed by atoms with Gasteiger partial charge in [-0.1, -0.05) is 67.2 Å². The second-order valence-corrected chi connectivity index (χ2v) is 11.2. The molecule has 30 heavy (non-hydrogen) atoms. The minimum Gasteiger partial charge on any atom is -0.496 e. The van der Waals surface area contributed by atoms with Crippen molar-refractivity contribution < 1.29 is 14.6 Å². The van der Waals surface area contributed by atoms with Crippen LogP contribution in [0.4, 0.5) is 0 Å². The zero-order valence-electron chi connectivity index (χ0n) is 20.6. The molecule has 3 nitrogen and oxygen atoms in total. The van der Waals surface area contributed by atoms with E-state index in [0.717, 1.165) is 36.3 Å². The Morgan fingerprint density at radius 2 is 1.63 bits per heavy atom. The second kappa shape index (κ2) is 8.37. The third-order valence-electron chi connectivity index (χ3n) is 9.11. The molecule has 2 saturated carbocycles. The van der Waals surface area contributed by atoms with Crippen molar-refractivity contribution in [2.45, 2.75) is 104 Å². The molecule has 0 aliphatic heterocycles. The molecule has 1 N–H and O–H groups in total. The maximum atomic E-state index is 11.5. The second-order valence-electron chi connectivity index (χ2n) is 11.2. The average molecular weight is 417 g/mol. The highest BCUT2D eigenvalue weighted by atomic mass is 16.5. The predicted octanol–water partition coefficient (Wildman–Crippen LogP) is 6.85. The van der Waals surface area contributed by atoms with Gasteiger partial charge < -0.3 is 14.6 Å². The first-order valence-corrected chi connectivity index (χ1v) is 12.0. The van der Waals surface area contributed by atoms with Crippen molar-refractivity contribution >= 4 is 0 Å². The summed E-state index contributed by atoms with van der Waals surface area (Å²) in [4.78, 5) is 0. The van der Waals surface area contributed by atoms with E-state index in [2.05, 4.69) is 53.7 Å². The Labute approximate surface area is 184 Å². The maximum Gasteiger partial charge on any atom is 0.126 e. The zero-order chi connectivity index (χ0) is 22.3. The van der Waals surface area contributed by atoms with Gasteiger partial charge in [-0.25, -0.2) is 0 Å². The van der Waals surface area contributed by atoms with Gasteiger partial charge >= 0.3 is 0 Å². The van der Waals surface area contributed by atoms with Crippen LogP contribution in [-0.4, -0.2) is 25.4 Å². The molecule has 2 aliphatic rings. The highest BCUT2D eigenvalue weighted by Gasteiger charge is 2.66. The van der Waals surface area contributed by atoms with Gasteiger partial charge in [0, 0.05) is 11.5 Å². The SMILES string of the molecule is CCCCCCC(C)(C)c1cc(OC)c(C2C3CCC(C)(C2O)C3(C)C)c(OC)c1. The van der Waals surface area contributed by atoms with Gasteiger partial charge in [0.25, 0.3) is 0 Å². The fourth-order valence-corrected chi connectivity index (χ4v) is 6.49. The van der Waals surface area contributed by atoms with Crippen LogP contribution in [-0.2, 0) is 5.41 Å². The van der Waals surface area contributed by atoms with Crippen LogP contribution in [0.1, 0.15) is 104 Å². The Balaban J connectivity index is 2.00. The minimum atomic E-state index is -0.373. The highest BCUT2D eigenvalue weighted by molar-refractivity contribution is 5.54. The molecule has 0 aromatic heterocycles. The average Bonchev–Trinajstić information content (AvgIpc) is 3.02. The molecule has 0 saturated heterocycles. The van der Waals surface area contributed by atoms with Crippen LogP contribution in [0.3, 0.4) is 0 Å². The number of ether oxygens (including phenoxy) is 2.